The lowest BCUT2D eigenvalue weighted by atomic mass is 10.2. The lowest BCUT2D eigenvalue weighted by Crippen LogP contribution is -1.83. The van der Waals surface area contributed by atoms with E-state index >= 15 is 0 Å². The highest BCUT2D eigenvalue weighted by Gasteiger charge is 2.09. The van der Waals surface area contributed by atoms with Crippen molar-refractivity contribution in [2.24, 2.45) is 0 Å². The summed E-state index contributed by atoms with van der Waals surface area (Å²) in [6.45, 7) is 4.03. The zero-order valence-corrected chi connectivity index (χ0v) is 17.5. The van der Waals surface area contributed by atoms with Crippen molar-refractivity contribution < 1.29 is 9.47 Å². The van der Waals surface area contributed by atoms with Crippen LogP contribution in [0.4, 0.5) is 0 Å². The predicted molar refractivity (Wildman–Crippen MR) is 110 cm³/mol. The van der Waals surface area contributed by atoms with E-state index in [1.807, 2.05) is 44.2 Å². The monoisotopic (exact) mass is 436 g/mol. The van der Waals surface area contributed by atoms with E-state index in [0.717, 1.165) is 32.1 Å². The molecule has 130 valence electrons. The van der Waals surface area contributed by atoms with Gasteiger partial charge in [-0.15, -0.1) is 0 Å². The maximum absolute atomic E-state index is 5.19. The summed E-state index contributed by atoms with van der Waals surface area (Å²) in [6, 6.07) is 10.0. The Morgan fingerprint density at radius 3 is 2.28 bits per heavy atom. The van der Waals surface area contributed by atoms with E-state index in [-0.39, 0.29) is 0 Å². The molecule has 0 aliphatic heterocycles. The molecule has 7 heteroatoms. The van der Waals surface area contributed by atoms with Crippen molar-refractivity contribution in [2.45, 2.75) is 13.8 Å². The largest absolute Gasteiger partial charge is 0.497 e. The van der Waals surface area contributed by atoms with E-state index in [4.69, 9.17) is 9.47 Å². The Balaban J connectivity index is 0.000000146. The molecule has 0 aliphatic rings. The Kier molecular flexibility index (Phi) is 5.56. The number of rotatable bonds is 2. The molecule has 2 aromatic heterocycles. The minimum absolute atomic E-state index is 0.858. The molecule has 0 radical (unpaired) electrons. The third-order valence-corrected chi connectivity index (χ3v) is 6.73. The number of fused-ring (bicyclic) bond motifs is 2. The summed E-state index contributed by atoms with van der Waals surface area (Å²) in [6.07, 6.45) is 0. The second-order valence-corrected chi connectivity index (χ2v) is 7.73. The van der Waals surface area contributed by atoms with Crippen LogP contribution in [0.3, 0.4) is 0 Å². The summed E-state index contributed by atoms with van der Waals surface area (Å²) in [4.78, 5) is 0. The Hall–Kier alpha value is -1.70. The number of methoxy groups -OCH3 is 2. The van der Waals surface area contributed by atoms with Gasteiger partial charge in [-0.1, -0.05) is 0 Å². The van der Waals surface area contributed by atoms with E-state index < -0.39 is 0 Å². The first-order chi connectivity index (χ1) is 12.0. The van der Waals surface area contributed by atoms with Crippen LogP contribution >= 0.6 is 39.0 Å². The standard InChI is InChI=1S/C9H8BrNOS.C9H9NOS/c1-5-6-3-4-7(12-2)8(10)9(6)13-11-5;1-6-8-4-3-7(11-2)5-9(8)12-10-6/h3-4H,1-2H3;3-5H,1-2H3. The van der Waals surface area contributed by atoms with Gasteiger partial charge >= 0.3 is 0 Å². The van der Waals surface area contributed by atoms with Crippen molar-refractivity contribution >= 4 is 59.2 Å². The maximum Gasteiger partial charge on any atom is 0.134 e. The van der Waals surface area contributed by atoms with Gasteiger partial charge in [-0.25, -0.2) is 0 Å². The average Bonchev–Trinajstić information content (AvgIpc) is 3.19. The number of hydrogen-bond donors (Lipinski definition) is 0. The van der Waals surface area contributed by atoms with Crippen molar-refractivity contribution in [3.63, 3.8) is 0 Å². The number of nitrogens with zero attached hydrogens (tertiary/aromatic N) is 2. The lowest BCUT2D eigenvalue weighted by molar-refractivity contribution is 0.413. The summed E-state index contributed by atoms with van der Waals surface area (Å²) in [5.74, 6) is 1.75. The van der Waals surface area contributed by atoms with E-state index in [1.165, 1.54) is 38.5 Å². The van der Waals surface area contributed by atoms with Crippen LogP contribution < -0.4 is 9.47 Å². The topological polar surface area (TPSA) is 44.2 Å². The first-order valence-corrected chi connectivity index (χ1v) is 9.87. The molecule has 2 aromatic carbocycles. The molecule has 0 fully saturated rings. The minimum atomic E-state index is 0.858. The summed E-state index contributed by atoms with van der Waals surface area (Å²) >= 11 is 6.51. The van der Waals surface area contributed by atoms with E-state index in [1.54, 1.807) is 14.2 Å². The normalized spacial score (nSPS) is 10.6. The van der Waals surface area contributed by atoms with Crippen LogP contribution in [-0.2, 0) is 0 Å². The van der Waals surface area contributed by atoms with Crippen LogP contribution in [0.15, 0.2) is 34.8 Å². The first kappa shape index (κ1) is 18.1. The van der Waals surface area contributed by atoms with E-state index in [2.05, 4.69) is 24.7 Å². The van der Waals surface area contributed by atoms with Crippen molar-refractivity contribution in [3.05, 3.63) is 46.2 Å². The molecule has 25 heavy (non-hydrogen) atoms. The van der Waals surface area contributed by atoms with Gasteiger partial charge in [0.25, 0.3) is 0 Å². The Morgan fingerprint density at radius 2 is 1.56 bits per heavy atom. The molecule has 4 aromatic rings. The molecule has 4 rings (SSSR count). The average molecular weight is 437 g/mol. The van der Waals surface area contributed by atoms with Gasteiger partial charge in [0.2, 0.25) is 0 Å². The second kappa shape index (κ2) is 7.68. The second-order valence-electron chi connectivity index (χ2n) is 5.36. The zero-order valence-electron chi connectivity index (χ0n) is 14.3. The van der Waals surface area contributed by atoms with Crippen molar-refractivity contribution in [1.29, 1.82) is 0 Å². The van der Waals surface area contributed by atoms with Crippen molar-refractivity contribution in [1.82, 2.24) is 8.75 Å². The molecular formula is C18H17BrN2O2S2. The number of halogens is 1. The van der Waals surface area contributed by atoms with Gasteiger partial charge in [-0.2, -0.15) is 8.75 Å². The van der Waals surface area contributed by atoms with Gasteiger partial charge in [-0.3, -0.25) is 0 Å². The summed E-state index contributed by atoms with van der Waals surface area (Å²) in [5.41, 5.74) is 2.17. The highest BCUT2D eigenvalue weighted by Crippen LogP contribution is 2.36. The number of hydrogen-bond acceptors (Lipinski definition) is 6. The number of ether oxygens (including phenoxy) is 2. The molecule has 0 bridgehead atoms. The van der Waals surface area contributed by atoms with Crippen LogP contribution in [0, 0.1) is 13.8 Å². The first-order valence-electron chi connectivity index (χ1n) is 7.53. The zero-order chi connectivity index (χ0) is 18.0. The molecule has 0 aliphatic carbocycles. The molecule has 0 saturated carbocycles. The van der Waals surface area contributed by atoms with Gasteiger partial charge < -0.3 is 9.47 Å². The molecule has 0 saturated heterocycles. The maximum atomic E-state index is 5.19. The fourth-order valence-corrected chi connectivity index (χ4v) is 4.77. The van der Waals surface area contributed by atoms with E-state index in [9.17, 15) is 0 Å². The quantitative estimate of drug-likeness (QED) is 0.387. The molecule has 0 N–H and O–H groups in total. The molecule has 0 spiro atoms. The van der Waals surface area contributed by atoms with Crippen LogP contribution in [-0.4, -0.2) is 23.0 Å². The Morgan fingerprint density at radius 1 is 0.880 bits per heavy atom. The fraction of sp³-hybridized carbons (Fsp3) is 0.222. The lowest BCUT2D eigenvalue weighted by Gasteiger charge is -2.02. The number of aryl methyl sites for hydroxylation is 2. The molecular weight excluding hydrogens is 420 g/mol. The third-order valence-electron chi connectivity index (χ3n) is 3.80. The van der Waals surface area contributed by atoms with E-state index in [0.29, 0.717) is 0 Å². The molecule has 0 atom stereocenters. The fourth-order valence-electron chi connectivity index (χ4n) is 2.40. The van der Waals surface area contributed by atoms with Gasteiger partial charge in [0.05, 0.1) is 39.5 Å². The molecule has 0 unspecified atom stereocenters. The summed E-state index contributed by atoms with van der Waals surface area (Å²) in [7, 11) is 3.34. The third kappa shape index (κ3) is 3.63. The minimum Gasteiger partial charge on any atom is -0.497 e. The molecule has 0 amide bonds. The summed E-state index contributed by atoms with van der Waals surface area (Å²) < 4.78 is 22.2. The Labute approximate surface area is 162 Å². The SMILES string of the molecule is COc1ccc2c(C)nsc2c1.COc1ccc2c(C)nsc2c1Br. The van der Waals surface area contributed by atoms with Crippen LogP contribution in [0.25, 0.3) is 20.2 Å². The van der Waals surface area contributed by atoms with Crippen LogP contribution in [0.5, 0.6) is 11.5 Å². The predicted octanol–water partition coefficient (Wildman–Crippen LogP) is 5.99. The van der Waals surface area contributed by atoms with Crippen molar-refractivity contribution in [3.8, 4) is 11.5 Å². The highest BCUT2D eigenvalue weighted by atomic mass is 79.9. The smallest absolute Gasteiger partial charge is 0.134 e. The molecule has 4 nitrogen and oxygen atoms in total. The van der Waals surface area contributed by atoms with Gasteiger partial charge in [-0.05, 0) is 83.2 Å². The Bertz CT molecular complexity index is 1030. The molecule has 2 heterocycles. The van der Waals surface area contributed by atoms with Crippen molar-refractivity contribution in [2.75, 3.05) is 14.2 Å². The number of benzene rings is 2. The summed E-state index contributed by atoms with van der Waals surface area (Å²) in [5, 5.41) is 2.42. The van der Waals surface area contributed by atoms with Gasteiger partial charge in [0.15, 0.2) is 0 Å². The van der Waals surface area contributed by atoms with Gasteiger partial charge in [0, 0.05) is 10.8 Å². The van der Waals surface area contributed by atoms with Crippen LogP contribution in [0.2, 0.25) is 0 Å². The van der Waals surface area contributed by atoms with Crippen LogP contribution in [0.1, 0.15) is 11.4 Å². The highest BCUT2D eigenvalue weighted by molar-refractivity contribution is 9.10. The van der Waals surface area contributed by atoms with Gasteiger partial charge in [0.1, 0.15) is 11.5 Å². The number of aromatic nitrogens is 2.